The minimum atomic E-state index is -0.384. The summed E-state index contributed by atoms with van der Waals surface area (Å²) in [6.07, 6.45) is 1.57. The monoisotopic (exact) mass is 363 g/mol. The van der Waals surface area contributed by atoms with E-state index in [0.29, 0.717) is 15.5 Å². The van der Waals surface area contributed by atoms with Crippen molar-refractivity contribution in [1.82, 2.24) is 20.0 Å². The lowest BCUT2D eigenvalue weighted by Gasteiger charge is -2.05. The first-order chi connectivity index (χ1) is 12.7. The summed E-state index contributed by atoms with van der Waals surface area (Å²) in [6, 6.07) is 16.7. The highest BCUT2D eigenvalue weighted by atomic mass is 32.1. The standard InChI is InChI=1S/C18H13N5O2S/c24-15(11-23-17(25)14-9-5-4-8-13(14)10-19-23)20-18-22-21-16(26-18)12-6-2-1-3-7-12/h1-10H,11H2,(H,20,22,24). The Balaban J connectivity index is 1.51. The Labute approximate surface area is 151 Å². The minimum Gasteiger partial charge on any atom is -0.299 e. The first kappa shape index (κ1) is 16.1. The minimum absolute atomic E-state index is 0.191. The third-order valence-electron chi connectivity index (χ3n) is 3.75. The molecule has 0 spiro atoms. The van der Waals surface area contributed by atoms with Gasteiger partial charge in [-0.15, -0.1) is 10.2 Å². The van der Waals surface area contributed by atoms with Gasteiger partial charge in [0.25, 0.3) is 5.56 Å². The lowest BCUT2D eigenvalue weighted by molar-refractivity contribution is -0.117. The zero-order valence-electron chi connectivity index (χ0n) is 13.5. The van der Waals surface area contributed by atoms with Crippen molar-refractivity contribution in [2.75, 3.05) is 5.32 Å². The normalized spacial score (nSPS) is 10.8. The van der Waals surface area contributed by atoms with Gasteiger partial charge in [-0.3, -0.25) is 14.9 Å². The van der Waals surface area contributed by atoms with Gasteiger partial charge in [0.15, 0.2) is 0 Å². The van der Waals surface area contributed by atoms with Crippen LogP contribution in [0.2, 0.25) is 0 Å². The summed E-state index contributed by atoms with van der Waals surface area (Å²) in [7, 11) is 0. The number of hydrogen-bond donors (Lipinski definition) is 1. The molecule has 8 heteroatoms. The van der Waals surface area contributed by atoms with E-state index in [2.05, 4.69) is 20.6 Å². The zero-order valence-corrected chi connectivity index (χ0v) is 14.3. The van der Waals surface area contributed by atoms with Gasteiger partial charge in [-0.05, 0) is 6.07 Å². The fourth-order valence-corrected chi connectivity index (χ4v) is 3.27. The van der Waals surface area contributed by atoms with E-state index in [1.54, 1.807) is 24.4 Å². The summed E-state index contributed by atoms with van der Waals surface area (Å²) in [4.78, 5) is 24.6. The summed E-state index contributed by atoms with van der Waals surface area (Å²) in [5.74, 6) is -0.384. The van der Waals surface area contributed by atoms with Crippen molar-refractivity contribution in [3.8, 4) is 10.6 Å². The predicted octanol–water partition coefficient (Wildman–Crippen LogP) is 2.55. The number of benzene rings is 2. The smallest absolute Gasteiger partial charge is 0.275 e. The number of anilines is 1. The number of amides is 1. The second kappa shape index (κ2) is 6.85. The van der Waals surface area contributed by atoms with Gasteiger partial charge >= 0.3 is 0 Å². The second-order valence-electron chi connectivity index (χ2n) is 5.52. The number of nitrogens with one attached hydrogen (secondary N) is 1. The van der Waals surface area contributed by atoms with Crippen LogP contribution in [0.3, 0.4) is 0 Å². The third-order valence-corrected chi connectivity index (χ3v) is 4.64. The molecule has 7 nitrogen and oxygen atoms in total. The predicted molar refractivity (Wildman–Crippen MR) is 100.0 cm³/mol. The molecule has 4 rings (SSSR count). The van der Waals surface area contributed by atoms with Crippen molar-refractivity contribution in [3.63, 3.8) is 0 Å². The Hall–Kier alpha value is -3.39. The van der Waals surface area contributed by atoms with Gasteiger partial charge in [0.1, 0.15) is 11.6 Å². The number of carbonyl (C=O) groups excluding carboxylic acids is 1. The van der Waals surface area contributed by atoms with Crippen LogP contribution in [0.25, 0.3) is 21.3 Å². The van der Waals surface area contributed by atoms with Crippen molar-refractivity contribution in [1.29, 1.82) is 0 Å². The SMILES string of the molecule is O=C(Cn1ncc2ccccc2c1=O)Nc1nnc(-c2ccccc2)s1. The maximum absolute atomic E-state index is 12.4. The fourth-order valence-electron chi connectivity index (χ4n) is 2.51. The first-order valence-electron chi connectivity index (χ1n) is 7.84. The van der Waals surface area contributed by atoms with Gasteiger partial charge in [-0.1, -0.05) is 59.9 Å². The highest BCUT2D eigenvalue weighted by molar-refractivity contribution is 7.18. The molecule has 1 N–H and O–H groups in total. The van der Waals surface area contributed by atoms with E-state index in [4.69, 9.17) is 0 Å². The van der Waals surface area contributed by atoms with Crippen LogP contribution in [-0.4, -0.2) is 25.9 Å². The number of fused-ring (bicyclic) bond motifs is 1. The van der Waals surface area contributed by atoms with Gasteiger partial charge in [0.05, 0.1) is 11.6 Å². The molecular weight excluding hydrogens is 350 g/mol. The third kappa shape index (κ3) is 3.22. The van der Waals surface area contributed by atoms with Gasteiger partial charge in [-0.2, -0.15) is 5.10 Å². The zero-order chi connectivity index (χ0) is 17.9. The number of aromatic nitrogens is 4. The van der Waals surface area contributed by atoms with Crippen molar-refractivity contribution in [3.05, 3.63) is 71.1 Å². The second-order valence-corrected chi connectivity index (χ2v) is 6.50. The van der Waals surface area contributed by atoms with Crippen LogP contribution in [0.1, 0.15) is 0 Å². The summed E-state index contributed by atoms with van der Waals surface area (Å²) in [5.41, 5.74) is 0.624. The topological polar surface area (TPSA) is 89.8 Å². The van der Waals surface area contributed by atoms with Gasteiger partial charge < -0.3 is 0 Å². The largest absolute Gasteiger partial charge is 0.299 e. The van der Waals surface area contributed by atoms with E-state index in [0.717, 1.165) is 15.6 Å². The van der Waals surface area contributed by atoms with E-state index >= 15 is 0 Å². The molecule has 0 atom stereocenters. The quantitative estimate of drug-likeness (QED) is 0.602. The van der Waals surface area contributed by atoms with E-state index in [-0.39, 0.29) is 18.0 Å². The molecule has 128 valence electrons. The maximum Gasteiger partial charge on any atom is 0.275 e. The van der Waals surface area contributed by atoms with Crippen LogP contribution in [0.15, 0.2) is 65.6 Å². The van der Waals surface area contributed by atoms with Crippen molar-refractivity contribution < 1.29 is 4.79 Å². The Morgan fingerprint density at radius 3 is 2.65 bits per heavy atom. The maximum atomic E-state index is 12.4. The lowest BCUT2D eigenvalue weighted by Crippen LogP contribution is -2.29. The Morgan fingerprint density at radius 1 is 1.04 bits per heavy atom. The van der Waals surface area contributed by atoms with Crippen LogP contribution < -0.4 is 10.9 Å². The average molecular weight is 363 g/mol. The van der Waals surface area contributed by atoms with E-state index in [9.17, 15) is 9.59 Å². The molecule has 26 heavy (non-hydrogen) atoms. The van der Waals surface area contributed by atoms with Crippen LogP contribution in [0, 0.1) is 0 Å². The molecule has 2 aromatic heterocycles. The molecule has 0 radical (unpaired) electrons. The van der Waals surface area contributed by atoms with Crippen molar-refractivity contribution in [2.24, 2.45) is 0 Å². The summed E-state index contributed by atoms with van der Waals surface area (Å²) >= 11 is 1.27. The van der Waals surface area contributed by atoms with Crippen LogP contribution in [0.4, 0.5) is 5.13 Å². The summed E-state index contributed by atoms with van der Waals surface area (Å²) < 4.78 is 1.14. The molecule has 1 amide bonds. The summed E-state index contributed by atoms with van der Waals surface area (Å²) in [5, 5.41) is 17.1. The molecule has 0 aliphatic carbocycles. The average Bonchev–Trinajstić information content (AvgIpc) is 3.13. The fraction of sp³-hybridized carbons (Fsp3) is 0.0556. The van der Waals surface area contributed by atoms with Crippen molar-refractivity contribution in [2.45, 2.75) is 6.54 Å². The van der Waals surface area contributed by atoms with Crippen LogP contribution in [-0.2, 0) is 11.3 Å². The first-order valence-corrected chi connectivity index (χ1v) is 8.66. The van der Waals surface area contributed by atoms with E-state index in [1.165, 1.54) is 11.3 Å². The Bertz CT molecular complexity index is 1140. The number of rotatable bonds is 4. The molecule has 0 fully saturated rings. The lowest BCUT2D eigenvalue weighted by atomic mass is 10.2. The Kier molecular flexibility index (Phi) is 4.24. The molecule has 0 unspecified atom stereocenters. The Morgan fingerprint density at radius 2 is 1.81 bits per heavy atom. The summed E-state index contributed by atoms with van der Waals surface area (Å²) in [6.45, 7) is -0.191. The van der Waals surface area contributed by atoms with E-state index in [1.807, 2.05) is 36.4 Å². The molecular formula is C18H13N5O2S. The molecule has 2 heterocycles. The highest BCUT2D eigenvalue weighted by Crippen LogP contribution is 2.25. The van der Waals surface area contributed by atoms with Gasteiger partial charge in [0.2, 0.25) is 11.0 Å². The molecule has 0 bridgehead atoms. The molecule has 0 saturated heterocycles. The highest BCUT2D eigenvalue weighted by Gasteiger charge is 2.12. The van der Waals surface area contributed by atoms with Gasteiger partial charge in [-0.25, -0.2) is 4.68 Å². The number of hydrogen-bond acceptors (Lipinski definition) is 6. The molecule has 2 aromatic carbocycles. The molecule has 0 saturated carbocycles. The number of nitrogens with zero attached hydrogens (tertiary/aromatic N) is 4. The van der Waals surface area contributed by atoms with Gasteiger partial charge in [0, 0.05) is 10.9 Å². The molecule has 0 aliphatic rings. The molecule has 4 aromatic rings. The number of carbonyl (C=O) groups is 1. The van der Waals surface area contributed by atoms with E-state index < -0.39 is 0 Å². The van der Waals surface area contributed by atoms with Crippen molar-refractivity contribution >= 4 is 33.1 Å². The van der Waals surface area contributed by atoms with Crippen LogP contribution >= 0.6 is 11.3 Å². The van der Waals surface area contributed by atoms with Crippen LogP contribution in [0.5, 0.6) is 0 Å². The molecule has 0 aliphatic heterocycles.